The summed E-state index contributed by atoms with van der Waals surface area (Å²) in [7, 11) is 1.54. The van der Waals surface area contributed by atoms with Crippen molar-refractivity contribution in [3.05, 3.63) is 20.6 Å². The van der Waals surface area contributed by atoms with E-state index in [9.17, 15) is 5.11 Å². The number of benzene rings is 1. The van der Waals surface area contributed by atoms with Crippen LogP contribution >= 0.6 is 31.9 Å². The Morgan fingerprint density at radius 2 is 1.94 bits per heavy atom. The lowest BCUT2D eigenvalue weighted by Gasteiger charge is -2.22. The summed E-state index contributed by atoms with van der Waals surface area (Å²) in [6.45, 7) is 0. The molecule has 0 aromatic heterocycles. The largest absolute Gasteiger partial charge is 0.503 e. The molecule has 0 saturated heterocycles. The summed E-state index contributed by atoms with van der Waals surface area (Å²) in [4.78, 5) is 0. The molecule has 1 saturated carbocycles. The van der Waals surface area contributed by atoms with E-state index in [0.29, 0.717) is 16.1 Å². The van der Waals surface area contributed by atoms with Gasteiger partial charge in [-0.1, -0.05) is 12.8 Å². The molecule has 0 heterocycles. The van der Waals surface area contributed by atoms with E-state index in [1.165, 1.54) is 25.7 Å². The van der Waals surface area contributed by atoms with Gasteiger partial charge < -0.3 is 15.6 Å². The molecule has 1 aromatic rings. The molecule has 18 heavy (non-hydrogen) atoms. The summed E-state index contributed by atoms with van der Waals surface area (Å²) in [5, 5.41) is 9.91. The van der Waals surface area contributed by atoms with Crippen LogP contribution in [0.25, 0.3) is 0 Å². The standard InChI is InChI=1S/C13H17Br2NO2/c1-18-9-6-8(10(14)11(15)13(9)17)12(16)7-4-2-3-5-7/h6-7,12,17H,2-5,16H2,1H3/t12-/m1/s1. The zero-order valence-electron chi connectivity index (χ0n) is 10.2. The minimum atomic E-state index is -0.0207. The molecule has 100 valence electrons. The maximum atomic E-state index is 9.91. The van der Waals surface area contributed by atoms with E-state index in [1.54, 1.807) is 7.11 Å². The Morgan fingerprint density at radius 1 is 1.33 bits per heavy atom. The molecule has 0 radical (unpaired) electrons. The second kappa shape index (κ2) is 5.80. The third-order valence-electron chi connectivity index (χ3n) is 3.66. The van der Waals surface area contributed by atoms with E-state index in [4.69, 9.17) is 10.5 Å². The fraction of sp³-hybridized carbons (Fsp3) is 0.538. The fourth-order valence-corrected chi connectivity index (χ4v) is 3.57. The van der Waals surface area contributed by atoms with Gasteiger partial charge in [0.15, 0.2) is 11.5 Å². The molecule has 1 fully saturated rings. The Morgan fingerprint density at radius 3 is 2.50 bits per heavy atom. The molecule has 1 aliphatic rings. The van der Waals surface area contributed by atoms with Gasteiger partial charge in [0.1, 0.15) is 0 Å². The molecular weight excluding hydrogens is 362 g/mol. The van der Waals surface area contributed by atoms with Crippen molar-refractivity contribution in [2.24, 2.45) is 11.7 Å². The van der Waals surface area contributed by atoms with Gasteiger partial charge in [0.25, 0.3) is 0 Å². The first-order valence-electron chi connectivity index (χ1n) is 6.06. The molecule has 1 atom stereocenters. The molecular formula is C13H17Br2NO2. The first-order chi connectivity index (χ1) is 8.56. The molecule has 0 aliphatic heterocycles. The molecule has 0 amide bonds. The summed E-state index contributed by atoms with van der Waals surface area (Å²) in [6.07, 6.45) is 4.86. The Bertz CT molecular complexity index is 445. The van der Waals surface area contributed by atoms with Crippen molar-refractivity contribution in [3.8, 4) is 11.5 Å². The van der Waals surface area contributed by atoms with Crippen LogP contribution in [0.1, 0.15) is 37.3 Å². The van der Waals surface area contributed by atoms with Gasteiger partial charge in [-0.2, -0.15) is 0 Å². The van der Waals surface area contributed by atoms with Crippen molar-refractivity contribution < 1.29 is 9.84 Å². The van der Waals surface area contributed by atoms with Gasteiger partial charge >= 0.3 is 0 Å². The molecule has 5 heteroatoms. The van der Waals surface area contributed by atoms with Crippen LogP contribution in [0.15, 0.2) is 15.0 Å². The van der Waals surface area contributed by atoms with Crippen molar-refractivity contribution in [3.63, 3.8) is 0 Å². The smallest absolute Gasteiger partial charge is 0.173 e. The number of phenolic OH excluding ortho intramolecular Hbond substituents is 1. The van der Waals surface area contributed by atoms with Gasteiger partial charge in [-0.25, -0.2) is 0 Å². The minimum Gasteiger partial charge on any atom is -0.503 e. The van der Waals surface area contributed by atoms with E-state index in [-0.39, 0.29) is 11.8 Å². The Balaban J connectivity index is 2.40. The molecule has 0 unspecified atom stereocenters. The third kappa shape index (κ3) is 2.53. The molecule has 1 aliphatic carbocycles. The lowest BCUT2D eigenvalue weighted by atomic mass is 9.92. The van der Waals surface area contributed by atoms with E-state index >= 15 is 0 Å². The van der Waals surface area contributed by atoms with Gasteiger partial charge in [0.05, 0.1) is 11.6 Å². The minimum absolute atomic E-state index is 0.0207. The zero-order valence-corrected chi connectivity index (χ0v) is 13.4. The zero-order chi connectivity index (χ0) is 13.3. The Kier molecular flexibility index (Phi) is 4.56. The fourth-order valence-electron chi connectivity index (χ4n) is 2.58. The van der Waals surface area contributed by atoms with Crippen LogP contribution in [0.2, 0.25) is 0 Å². The van der Waals surface area contributed by atoms with Crippen molar-refractivity contribution >= 4 is 31.9 Å². The van der Waals surface area contributed by atoms with Gasteiger partial charge in [-0.3, -0.25) is 0 Å². The average Bonchev–Trinajstić information content (AvgIpc) is 2.89. The first kappa shape index (κ1) is 14.2. The number of halogens is 2. The molecule has 0 spiro atoms. The van der Waals surface area contributed by atoms with Crippen molar-refractivity contribution in [2.45, 2.75) is 31.7 Å². The van der Waals surface area contributed by atoms with Crippen LogP contribution < -0.4 is 10.5 Å². The SMILES string of the molecule is COc1cc([C@H](N)C2CCCC2)c(Br)c(Br)c1O. The van der Waals surface area contributed by atoms with Crippen molar-refractivity contribution in [1.29, 1.82) is 0 Å². The maximum absolute atomic E-state index is 9.91. The normalized spacial score (nSPS) is 18.0. The van der Waals surface area contributed by atoms with E-state index in [1.807, 2.05) is 6.07 Å². The van der Waals surface area contributed by atoms with E-state index in [2.05, 4.69) is 31.9 Å². The molecule has 3 N–H and O–H groups in total. The number of rotatable bonds is 3. The topological polar surface area (TPSA) is 55.5 Å². The highest BCUT2D eigenvalue weighted by Gasteiger charge is 2.27. The number of methoxy groups -OCH3 is 1. The second-order valence-electron chi connectivity index (χ2n) is 4.71. The second-order valence-corrected chi connectivity index (χ2v) is 6.30. The molecule has 2 rings (SSSR count). The Hall–Kier alpha value is -0.260. The first-order valence-corrected chi connectivity index (χ1v) is 7.65. The summed E-state index contributed by atoms with van der Waals surface area (Å²) in [5.41, 5.74) is 7.34. The lowest BCUT2D eigenvalue weighted by Crippen LogP contribution is -2.19. The molecule has 1 aromatic carbocycles. The van der Waals surface area contributed by atoms with Crippen LogP contribution in [0.3, 0.4) is 0 Å². The summed E-state index contributed by atoms with van der Waals surface area (Å²) in [5.74, 6) is 1.07. The highest BCUT2D eigenvalue weighted by Crippen LogP contribution is 2.46. The van der Waals surface area contributed by atoms with Crippen LogP contribution in [-0.2, 0) is 0 Å². The summed E-state index contributed by atoms with van der Waals surface area (Å²) in [6, 6.07) is 1.81. The van der Waals surface area contributed by atoms with E-state index < -0.39 is 0 Å². The number of nitrogens with two attached hydrogens (primary N) is 1. The number of hydrogen-bond acceptors (Lipinski definition) is 3. The van der Waals surface area contributed by atoms with Gasteiger partial charge in [-0.05, 0) is 62.2 Å². The predicted octanol–water partition coefficient (Wildman–Crippen LogP) is 4.12. The number of phenols is 1. The average molecular weight is 379 g/mol. The molecule has 3 nitrogen and oxygen atoms in total. The summed E-state index contributed by atoms with van der Waals surface area (Å²) < 4.78 is 6.60. The third-order valence-corrected chi connectivity index (χ3v) is 5.82. The monoisotopic (exact) mass is 377 g/mol. The van der Waals surface area contributed by atoms with Gasteiger partial charge in [0.2, 0.25) is 0 Å². The van der Waals surface area contributed by atoms with Gasteiger partial charge in [-0.15, -0.1) is 0 Å². The number of aromatic hydroxyl groups is 1. The van der Waals surface area contributed by atoms with Crippen LogP contribution in [0.4, 0.5) is 0 Å². The highest BCUT2D eigenvalue weighted by molar-refractivity contribution is 9.13. The quantitative estimate of drug-likeness (QED) is 0.831. The Labute approximate surface area is 124 Å². The highest BCUT2D eigenvalue weighted by atomic mass is 79.9. The maximum Gasteiger partial charge on any atom is 0.173 e. The van der Waals surface area contributed by atoms with Crippen molar-refractivity contribution in [1.82, 2.24) is 0 Å². The van der Waals surface area contributed by atoms with Gasteiger partial charge in [0, 0.05) is 10.5 Å². The van der Waals surface area contributed by atoms with Crippen LogP contribution in [0.5, 0.6) is 11.5 Å². The van der Waals surface area contributed by atoms with Crippen molar-refractivity contribution in [2.75, 3.05) is 7.11 Å². The number of hydrogen-bond donors (Lipinski definition) is 2. The van der Waals surface area contributed by atoms with Crippen LogP contribution in [0, 0.1) is 5.92 Å². The van der Waals surface area contributed by atoms with Crippen LogP contribution in [-0.4, -0.2) is 12.2 Å². The molecule has 0 bridgehead atoms. The number of ether oxygens (including phenoxy) is 1. The van der Waals surface area contributed by atoms with E-state index in [0.717, 1.165) is 10.0 Å². The lowest BCUT2D eigenvalue weighted by molar-refractivity contribution is 0.368. The predicted molar refractivity (Wildman–Crippen MR) is 78.9 cm³/mol. The summed E-state index contributed by atoms with van der Waals surface area (Å²) >= 11 is 6.87.